The molecule has 1 amide bonds. The molecule has 0 bridgehead atoms. The van der Waals surface area contributed by atoms with Gasteiger partial charge in [0.2, 0.25) is 10.0 Å². The van der Waals surface area contributed by atoms with Gasteiger partial charge in [-0.15, -0.1) is 0 Å². The Morgan fingerprint density at radius 2 is 1.79 bits per heavy atom. The number of sulfonamides is 1. The molecule has 1 aliphatic heterocycles. The summed E-state index contributed by atoms with van der Waals surface area (Å²) in [6, 6.07) is 9.27. The fourth-order valence-corrected chi connectivity index (χ4v) is 4.20. The van der Waals surface area contributed by atoms with Crippen molar-refractivity contribution in [3.63, 3.8) is 0 Å². The monoisotopic (exact) mass is 457 g/mol. The third kappa shape index (κ3) is 4.84. The summed E-state index contributed by atoms with van der Waals surface area (Å²) in [7, 11) is -0.823. The first-order valence-corrected chi connectivity index (χ1v) is 11.1. The van der Waals surface area contributed by atoms with E-state index in [2.05, 4.69) is 5.32 Å². The van der Waals surface area contributed by atoms with E-state index in [-0.39, 0.29) is 10.5 Å². The van der Waals surface area contributed by atoms with E-state index in [0.29, 0.717) is 47.7 Å². The molecule has 1 saturated heterocycles. The minimum atomic E-state index is -3.71. The Hall–Kier alpha value is -1.84. The molecular formula is C19H21Cl2N3O4S. The van der Waals surface area contributed by atoms with Gasteiger partial charge in [-0.2, -0.15) is 0 Å². The fraction of sp³-hybridized carbons (Fsp3) is 0.316. The molecule has 0 atom stereocenters. The van der Waals surface area contributed by atoms with Crippen LogP contribution in [-0.4, -0.2) is 59.0 Å². The summed E-state index contributed by atoms with van der Waals surface area (Å²) in [5.41, 5.74) is 1.20. The first kappa shape index (κ1) is 21.9. The number of anilines is 2. The van der Waals surface area contributed by atoms with Crippen LogP contribution in [0.5, 0.6) is 0 Å². The van der Waals surface area contributed by atoms with Crippen molar-refractivity contribution in [2.24, 2.45) is 0 Å². The predicted molar refractivity (Wildman–Crippen MR) is 115 cm³/mol. The molecule has 2 aromatic rings. The second kappa shape index (κ2) is 8.89. The van der Waals surface area contributed by atoms with Crippen LogP contribution in [0.4, 0.5) is 11.4 Å². The number of rotatable bonds is 5. The summed E-state index contributed by atoms with van der Waals surface area (Å²) < 4.78 is 31.6. The van der Waals surface area contributed by atoms with E-state index in [1.165, 1.54) is 32.3 Å². The SMILES string of the molecule is CN(C)S(=O)(=O)c1ccc(N2CCOCC2)c(C(=O)Nc2cc(Cl)ccc2Cl)c1. The highest BCUT2D eigenvalue weighted by molar-refractivity contribution is 7.89. The molecule has 156 valence electrons. The minimum Gasteiger partial charge on any atom is -0.378 e. The lowest BCUT2D eigenvalue weighted by molar-refractivity contribution is 0.102. The van der Waals surface area contributed by atoms with Crippen molar-refractivity contribution in [1.29, 1.82) is 0 Å². The molecule has 1 heterocycles. The lowest BCUT2D eigenvalue weighted by Crippen LogP contribution is -2.37. The minimum absolute atomic E-state index is 0.0295. The molecule has 10 heteroatoms. The number of halogens is 2. The van der Waals surface area contributed by atoms with Crippen molar-refractivity contribution >= 4 is 50.5 Å². The van der Waals surface area contributed by atoms with Crippen LogP contribution in [0.1, 0.15) is 10.4 Å². The number of carbonyl (C=O) groups excluding carboxylic acids is 1. The third-order valence-electron chi connectivity index (χ3n) is 4.52. The van der Waals surface area contributed by atoms with E-state index < -0.39 is 15.9 Å². The van der Waals surface area contributed by atoms with E-state index >= 15 is 0 Å². The Labute approximate surface area is 180 Å². The van der Waals surface area contributed by atoms with E-state index in [4.69, 9.17) is 27.9 Å². The van der Waals surface area contributed by atoms with Gasteiger partial charge in [-0.1, -0.05) is 23.2 Å². The molecule has 0 spiro atoms. The zero-order valence-corrected chi connectivity index (χ0v) is 18.3. The Morgan fingerprint density at radius 1 is 1.10 bits per heavy atom. The van der Waals surface area contributed by atoms with Crippen LogP contribution < -0.4 is 10.2 Å². The van der Waals surface area contributed by atoms with Gasteiger partial charge >= 0.3 is 0 Å². The van der Waals surface area contributed by atoms with Gasteiger partial charge in [0.15, 0.2) is 0 Å². The van der Waals surface area contributed by atoms with Crippen molar-refractivity contribution in [2.45, 2.75) is 4.90 Å². The van der Waals surface area contributed by atoms with Gasteiger partial charge in [-0.25, -0.2) is 12.7 Å². The van der Waals surface area contributed by atoms with Crippen LogP contribution in [0.25, 0.3) is 0 Å². The van der Waals surface area contributed by atoms with Crippen LogP contribution in [0.15, 0.2) is 41.3 Å². The van der Waals surface area contributed by atoms with Gasteiger partial charge < -0.3 is 15.0 Å². The molecule has 0 radical (unpaired) electrons. The van der Waals surface area contributed by atoms with E-state index in [0.717, 1.165) is 4.31 Å². The normalized spacial score (nSPS) is 14.9. The van der Waals surface area contributed by atoms with E-state index in [1.807, 2.05) is 4.90 Å². The summed E-state index contributed by atoms with van der Waals surface area (Å²) in [5, 5.41) is 3.48. The smallest absolute Gasteiger partial charge is 0.257 e. The first-order chi connectivity index (χ1) is 13.7. The summed E-state index contributed by atoms with van der Waals surface area (Å²) in [5.74, 6) is -0.480. The average Bonchev–Trinajstić information content (AvgIpc) is 2.70. The van der Waals surface area contributed by atoms with Gasteiger partial charge in [-0.05, 0) is 36.4 Å². The number of hydrogen-bond donors (Lipinski definition) is 1. The molecule has 29 heavy (non-hydrogen) atoms. The Bertz CT molecular complexity index is 1020. The van der Waals surface area contributed by atoms with Gasteiger partial charge in [0.25, 0.3) is 5.91 Å². The van der Waals surface area contributed by atoms with Crippen molar-refractivity contribution in [3.05, 3.63) is 52.0 Å². The van der Waals surface area contributed by atoms with Gasteiger partial charge in [0.05, 0.1) is 34.4 Å². The number of amides is 1. The predicted octanol–water partition coefficient (Wildman–Crippen LogP) is 3.33. The zero-order valence-electron chi connectivity index (χ0n) is 16.0. The number of nitrogens with one attached hydrogen (secondary N) is 1. The summed E-state index contributed by atoms with van der Waals surface area (Å²) >= 11 is 12.2. The summed E-state index contributed by atoms with van der Waals surface area (Å²) in [6.45, 7) is 2.24. The van der Waals surface area contributed by atoms with Crippen LogP contribution >= 0.6 is 23.2 Å². The highest BCUT2D eigenvalue weighted by atomic mass is 35.5. The average molecular weight is 458 g/mol. The molecule has 0 saturated carbocycles. The van der Waals surface area contributed by atoms with Crippen molar-refractivity contribution in [3.8, 4) is 0 Å². The lowest BCUT2D eigenvalue weighted by atomic mass is 10.1. The second-order valence-corrected chi connectivity index (χ2v) is 9.64. The molecule has 3 rings (SSSR count). The Kier molecular flexibility index (Phi) is 6.70. The van der Waals surface area contributed by atoms with Gasteiger partial charge in [0.1, 0.15) is 0 Å². The highest BCUT2D eigenvalue weighted by Gasteiger charge is 2.24. The number of carbonyl (C=O) groups is 1. The van der Waals surface area contributed by atoms with Crippen LogP contribution in [0.3, 0.4) is 0 Å². The lowest BCUT2D eigenvalue weighted by Gasteiger charge is -2.30. The summed E-state index contributed by atoms with van der Waals surface area (Å²) in [6.07, 6.45) is 0. The largest absolute Gasteiger partial charge is 0.378 e. The topological polar surface area (TPSA) is 79.0 Å². The van der Waals surface area contributed by atoms with Crippen molar-refractivity contribution in [1.82, 2.24) is 4.31 Å². The number of benzene rings is 2. The molecular weight excluding hydrogens is 437 g/mol. The second-order valence-electron chi connectivity index (χ2n) is 6.64. The van der Waals surface area contributed by atoms with Gasteiger partial charge in [-0.3, -0.25) is 4.79 Å². The van der Waals surface area contributed by atoms with Crippen LogP contribution in [0, 0.1) is 0 Å². The molecule has 1 aliphatic rings. The molecule has 0 unspecified atom stereocenters. The molecule has 0 aromatic heterocycles. The van der Waals surface area contributed by atoms with Crippen molar-refractivity contribution in [2.75, 3.05) is 50.6 Å². The van der Waals surface area contributed by atoms with Gasteiger partial charge in [0, 0.05) is 37.9 Å². The maximum absolute atomic E-state index is 13.1. The Balaban J connectivity index is 2.04. The molecule has 0 aliphatic carbocycles. The quantitative estimate of drug-likeness (QED) is 0.744. The maximum atomic E-state index is 13.1. The molecule has 7 nitrogen and oxygen atoms in total. The fourth-order valence-electron chi connectivity index (χ4n) is 2.93. The number of morpholine rings is 1. The number of nitrogens with zero attached hydrogens (tertiary/aromatic N) is 2. The van der Waals surface area contributed by atoms with Crippen LogP contribution in [-0.2, 0) is 14.8 Å². The number of hydrogen-bond acceptors (Lipinski definition) is 5. The number of ether oxygens (including phenoxy) is 1. The third-order valence-corrected chi connectivity index (χ3v) is 6.90. The molecule has 2 aromatic carbocycles. The van der Waals surface area contributed by atoms with E-state index in [9.17, 15) is 13.2 Å². The first-order valence-electron chi connectivity index (χ1n) is 8.86. The molecule has 1 fully saturated rings. The zero-order chi connectivity index (χ0) is 21.2. The maximum Gasteiger partial charge on any atom is 0.257 e. The Morgan fingerprint density at radius 3 is 2.45 bits per heavy atom. The standard InChI is InChI=1S/C19H21Cl2N3O4S/c1-23(2)29(26,27)14-4-6-18(24-7-9-28-10-8-24)15(12-14)19(25)22-17-11-13(20)3-5-16(17)21/h3-6,11-12H,7-10H2,1-2H3,(H,22,25). The summed E-state index contributed by atoms with van der Waals surface area (Å²) in [4.78, 5) is 15.1. The van der Waals surface area contributed by atoms with Crippen molar-refractivity contribution < 1.29 is 17.9 Å². The van der Waals surface area contributed by atoms with E-state index in [1.54, 1.807) is 18.2 Å². The molecule has 1 N–H and O–H groups in total. The highest BCUT2D eigenvalue weighted by Crippen LogP contribution is 2.30. The van der Waals surface area contributed by atoms with Crippen LogP contribution in [0.2, 0.25) is 10.0 Å².